The highest BCUT2D eigenvalue weighted by Crippen LogP contribution is 2.56. The summed E-state index contributed by atoms with van der Waals surface area (Å²) in [7, 11) is 2.92. The molecule has 1 N–H and O–H groups in total. The number of carbonyl (C=O) groups excluding carboxylic acids is 1. The number of ether oxygens (including phenoxy) is 3. The van der Waals surface area contributed by atoms with Gasteiger partial charge in [0.05, 0.1) is 14.2 Å². The highest BCUT2D eigenvalue weighted by molar-refractivity contribution is 5.81. The molecule has 3 rings (SSSR count). The van der Waals surface area contributed by atoms with Crippen LogP contribution in [0.25, 0.3) is 0 Å². The number of rotatable bonds is 3. The topological polar surface area (TPSA) is 65.0 Å². The molecule has 1 aromatic carbocycles. The zero-order valence-corrected chi connectivity index (χ0v) is 13.7. The van der Waals surface area contributed by atoms with Gasteiger partial charge in [-0.1, -0.05) is 12.2 Å². The van der Waals surface area contributed by atoms with Crippen LogP contribution in [0.4, 0.5) is 0 Å². The van der Waals surface area contributed by atoms with Crippen LogP contribution < -0.4 is 9.47 Å². The van der Waals surface area contributed by atoms with E-state index in [9.17, 15) is 9.90 Å². The van der Waals surface area contributed by atoms with Gasteiger partial charge in [-0.15, -0.1) is 0 Å². The van der Waals surface area contributed by atoms with E-state index in [0.717, 1.165) is 5.57 Å². The summed E-state index contributed by atoms with van der Waals surface area (Å²) < 4.78 is 16.2. The van der Waals surface area contributed by atoms with Crippen LogP contribution in [0.1, 0.15) is 31.7 Å². The second kappa shape index (κ2) is 5.27. The van der Waals surface area contributed by atoms with Gasteiger partial charge in [0.2, 0.25) is 5.60 Å². The van der Waals surface area contributed by atoms with Crippen molar-refractivity contribution >= 4 is 5.97 Å². The molecule has 1 aromatic rings. The number of carbonyl (C=O) groups is 1. The van der Waals surface area contributed by atoms with Crippen molar-refractivity contribution in [3.63, 3.8) is 0 Å². The maximum atomic E-state index is 12.3. The fourth-order valence-electron chi connectivity index (χ4n) is 3.96. The van der Waals surface area contributed by atoms with Crippen molar-refractivity contribution in [1.29, 1.82) is 0 Å². The van der Waals surface area contributed by atoms with Crippen LogP contribution in [-0.4, -0.2) is 30.9 Å². The molecule has 5 heteroatoms. The minimum atomic E-state index is -1.22. The Kier molecular flexibility index (Phi) is 3.64. The van der Waals surface area contributed by atoms with E-state index < -0.39 is 17.2 Å². The predicted molar refractivity (Wildman–Crippen MR) is 84.4 cm³/mol. The van der Waals surface area contributed by atoms with Crippen molar-refractivity contribution in [2.45, 2.75) is 37.4 Å². The molecule has 0 unspecified atom stereocenters. The fraction of sp³-hybridized carbons (Fsp3) is 0.500. The Hall–Kier alpha value is -2.01. The Morgan fingerprint density at radius 2 is 2.17 bits per heavy atom. The molecule has 1 aliphatic heterocycles. The second-order valence-electron chi connectivity index (χ2n) is 6.49. The van der Waals surface area contributed by atoms with E-state index in [0.29, 0.717) is 29.9 Å². The first kappa shape index (κ1) is 15.9. The molecule has 1 aliphatic carbocycles. The highest BCUT2D eigenvalue weighted by atomic mass is 16.6. The molecule has 0 saturated heterocycles. The predicted octanol–water partition coefficient (Wildman–Crippen LogP) is 2.56. The van der Waals surface area contributed by atoms with E-state index in [1.54, 1.807) is 25.3 Å². The Bertz CT molecular complexity index is 667. The number of aliphatic hydroxyl groups is 1. The number of fused-ring (bicyclic) bond motifs is 4. The number of methoxy groups -OCH3 is 2. The lowest BCUT2D eigenvalue weighted by molar-refractivity contribution is -0.185. The maximum absolute atomic E-state index is 12.3. The Morgan fingerprint density at radius 3 is 2.78 bits per heavy atom. The molecule has 1 saturated carbocycles. The van der Waals surface area contributed by atoms with Crippen LogP contribution in [0.3, 0.4) is 0 Å². The molecule has 124 valence electrons. The van der Waals surface area contributed by atoms with Gasteiger partial charge in [0.15, 0.2) is 0 Å². The van der Waals surface area contributed by atoms with Gasteiger partial charge in [-0.2, -0.15) is 0 Å². The zero-order valence-electron chi connectivity index (χ0n) is 13.7. The normalized spacial score (nSPS) is 31.6. The third-order valence-corrected chi connectivity index (χ3v) is 5.08. The van der Waals surface area contributed by atoms with Crippen LogP contribution in [0, 0.1) is 5.92 Å². The SMILES string of the molecule is C=C(C)[C@@H]1CC[C@@]2(C(=O)OC)C[C@]1(O)c1cc(OC)ccc1O2. The van der Waals surface area contributed by atoms with E-state index >= 15 is 0 Å². The van der Waals surface area contributed by atoms with E-state index in [4.69, 9.17) is 14.2 Å². The Balaban J connectivity index is 2.18. The Labute approximate surface area is 135 Å². The fourth-order valence-corrected chi connectivity index (χ4v) is 3.96. The standard InChI is InChI=1S/C18H22O5/c1-11(2)13-7-8-17(16(19)22-4)10-18(13,20)14-9-12(21-3)5-6-15(14)23-17/h5-6,9,13,20H,1,7-8,10H2,2-4H3/t13-,17-,18+/m0/s1. The molecule has 1 fully saturated rings. The van der Waals surface area contributed by atoms with Gasteiger partial charge in [0.25, 0.3) is 0 Å². The minimum Gasteiger partial charge on any atom is -0.497 e. The van der Waals surface area contributed by atoms with Crippen LogP contribution in [0.2, 0.25) is 0 Å². The third-order valence-electron chi connectivity index (χ3n) is 5.08. The van der Waals surface area contributed by atoms with Crippen molar-refractivity contribution in [2.75, 3.05) is 14.2 Å². The average Bonchev–Trinajstić information content (AvgIpc) is 2.53. The maximum Gasteiger partial charge on any atom is 0.350 e. The molecule has 2 bridgehead atoms. The molecule has 1 heterocycles. The number of esters is 1. The van der Waals surface area contributed by atoms with Crippen LogP contribution in [0.15, 0.2) is 30.4 Å². The summed E-state index contributed by atoms with van der Waals surface area (Å²) >= 11 is 0. The summed E-state index contributed by atoms with van der Waals surface area (Å²) in [6, 6.07) is 5.26. The third kappa shape index (κ3) is 2.22. The molecule has 0 amide bonds. The van der Waals surface area contributed by atoms with Crippen molar-refractivity contribution < 1.29 is 24.1 Å². The van der Waals surface area contributed by atoms with E-state index in [2.05, 4.69) is 6.58 Å². The first-order valence-electron chi connectivity index (χ1n) is 7.70. The molecule has 0 spiro atoms. The van der Waals surface area contributed by atoms with Gasteiger partial charge < -0.3 is 19.3 Å². The molecule has 3 atom stereocenters. The van der Waals surface area contributed by atoms with Crippen LogP contribution in [0.5, 0.6) is 11.5 Å². The Morgan fingerprint density at radius 1 is 1.43 bits per heavy atom. The lowest BCUT2D eigenvalue weighted by atomic mass is 9.62. The minimum absolute atomic E-state index is 0.143. The van der Waals surface area contributed by atoms with Crippen molar-refractivity contribution in [1.82, 2.24) is 0 Å². The quantitative estimate of drug-likeness (QED) is 0.685. The van der Waals surface area contributed by atoms with E-state index in [1.165, 1.54) is 7.11 Å². The smallest absolute Gasteiger partial charge is 0.350 e. The van der Waals surface area contributed by atoms with Gasteiger partial charge in [0, 0.05) is 17.9 Å². The van der Waals surface area contributed by atoms with E-state index in [-0.39, 0.29) is 12.3 Å². The molecular weight excluding hydrogens is 296 g/mol. The van der Waals surface area contributed by atoms with Crippen molar-refractivity contribution in [3.05, 3.63) is 35.9 Å². The molecule has 2 aliphatic rings. The number of hydrogen-bond acceptors (Lipinski definition) is 5. The molecule has 0 radical (unpaired) electrons. The largest absolute Gasteiger partial charge is 0.497 e. The number of benzene rings is 1. The van der Waals surface area contributed by atoms with Gasteiger partial charge in [-0.25, -0.2) is 4.79 Å². The summed E-state index contributed by atoms with van der Waals surface area (Å²) in [5, 5.41) is 11.5. The first-order chi connectivity index (χ1) is 10.9. The molecule has 0 aromatic heterocycles. The lowest BCUT2D eigenvalue weighted by Gasteiger charge is -2.52. The van der Waals surface area contributed by atoms with Crippen molar-refractivity contribution in [3.8, 4) is 11.5 Å². The zero-order chi connectivity index (χ0) is 16.8. The van der Waals surface area contributed by atoms with Crippen LogP contribution in [-0.2, 0) is 15.1 Å². The monoisotopic (exact) mass is 318 g/mol. The highest BCUT2D eigenvalue weighted by Gasteiger charge is 2.60. The van der Waals surface area contributed by atoms with Crippen LogP contribution >= 0.6 is 0 Å². The lowest BCUT2D eigenvalue weighted by Crippen LogP contribution is -2.59. The molecule has 23 heavy (non-hydrogen) atoms. The summed E-state index contributed by atoms with van der Waals surface area (Å²) in [6.07, 6.45) is 1.26. The molecule has 5 nitrogen and oxygen atoms in total. The molecular formula is C18H22O5. The van der Waals surface area contributed by atoms with Crippen molar-refractivity contribution in [2.24, 2.45) is 5.92 Å². The van der Waals surface area contributed by atoms with E-state index in [1.807, 2.05) is 6.92 Å². The van der Waals surface area contributed by atoms with Gasteiger partial charge in [0.1, 0.15) is 17.1 Å². The van der Waals surface area contributed by atoms with Gasteiger partial charge >= 0.3 is 5.97 Å². The average molecular weight is 318 g/mol. The second-order valence-corrected chi connectivity index (χ2v) is 6.49. The number of hydrogen-bond donors (Lipinski definition) is 1. The summed E-state index contributed by atoms with van der Waals surface area (Å²) in [6.45, 7) is 5.93. The summed E-state index contributed by atoms with van der Waals surface area (Å²) in [5.74, 6) is 0.542. The summed E-state index contributed by atoms with van der Waals surface area (Å²) in [4.78, 5) is 12.3. The van der Waals surface area contributed by atoms with Gasteiger partial charge in [-0.05, 0) is 38.0 Å². The summed E-state index contributed by atoms with van der Waals surface area (Å²) in [5.41, 5.74) is -0.831. The first-order valence-corrected chi connectivity index (χ1v) is 7.70. The van der Waals surface area contributed by atoms with Gasteiger partial charge in [-0.3, -0.25) is 0 Å².